The minimum atomic E-state index is -0.650. The van der Waals surface area contributed by atoms with E-state index in [1.54, 1.807) is 36.4 Å². The van der Waals surface area contributed by atoms with E-state index >= 15 is 0 Å². The molecule has 0 aliphatic carbocycles. The quantitative estimate of drug-likeness (QED) is 0.187. The Morgan fingerprint density at radius 3 is 2.11 bits per heavy atom. The van der Waals surface area contributed by atoms with Crippen molar-refractivity contribution >= 4 is 17.8 Å². The lowest BCUT2D eigenvalue weighted by Crippen LogP contribution is -2.12. The molecular weight excluding hydrogens is 456 g/mol. The molecule has 0 spiro atoms. The average Bonchev–Trinajstić information content (AvgIpc) is 3.23. The van der Waals surface area contributed by atoms with Crippen LogP contribution in [0.1, 0.15) is 26.3 Å². The second kappa shape index (κ2) is 9.80. The van der Waals surface area contributed by atoms with Gasteiger partial charge in [-0.05, 0) is 47.0 Å². The largest absolute Gasteiger partial charge is 0.496 e. The van der Waals surface area contributed by atoms with Gasteiger partial charge < -0.3 is 18.9 Å². The Hall–Kier alpha value is -4.84. The van der Waals surface area contributed by atoms with E-state index in [9.17, 15) is 9.59 Å². The number of benzene rings is 4. The van der Waals surface area contributed by atoms with E-state index in [0.717, 1.165) is 16.7 Å². The maximum atomic E-state index is 12.9. The van der Waals surface area contributed by atoms with Crippen LogP contribution in [0.2, 0.25) is 0 Å². The number of fused-ring (bicyclic) bond motifs is 1. The molecule has 0 saturated heterocycles. The van der Waals surface area contributed by atoms with Crippen molar-refractivity contribution in [3.05, 3.63) is 113 Å². The molecule has 6 nitrogen and oxygen atoms in total. The van der Waals surface area contributed by atoms with Gasteiger partial charge in [-0.1, -0.05) is 60.7 Å². The van der Waals surface area contributed by atoms with Crippen LogP contribution in [0.15, 0.2) is 96.8 Å². The topological polar surface area (TPSA) is 71.1 Å². The molecule has 0 bridgehead atoms. The van der Waals surface area contributed by atoms with Gasteiger partial charge in [0.25, 0.3) is 0 Å². The first kappa shape index (κ1) is 22.9. The third-order valence-electron chi connectivity index (χ3n) is 5.80. The Kier molecular flexibility index (Phi) is 6.24. The van der Waals surface area contributed by atoms with Crippen molar-refractivity contribution in [1.29, 1.82) is 0 Å². The van der Waals surface area contributed by atoms with E-state index in [4.69, 9.17) is 18.9 Å². The minimum Gasteiger partial charge on any atom is -0.496 e. The molecule has 0 amide bonds. The number of rotatable bonds is 6. The fourth-order valence-electron chi connectivity index (χ4n) is 3.99. The molecule has 0 radical (unpaired) electrons. The molecule has 1 heterocycles. The Morgan fingerprint density at radius 1 is 0.778 bits per heavy atom. The summed E-state index contributed by atoms with van der Waals surface area (Å²) in [5, 5.41) is 0. The fraction of sp³-hybridized carbons (Fsp3) is 0.0667. The smallest absolute Gasteiger partial charge is 0.351 e. The van der Waals surface area contributed by atoms with Crippen LogP contribution in [0.25, 0.3) is 17.2 Å². The Morgan fingerprint density at radius 2 is 1.44 bits per heavy atom. The molecule has 1 aliphatic rings. The number of esters is 1. The Balaban J connectivity index is 1.35. The maximum absolute atomic E-state index is 12.9. The highest BCUT2D eigenvalue weighted by Crippen LogP contribution is 2.36. The van der Waals surface area contributed by atoms with Gasteiger partial charge in [-0.3, -0.25) is 4.79 Å². The molecular formula is C30H22O6. The Bertz CT molecular complexity index is 1450. The molecule has 6 heteroatoms. The van der Waals surface area contributed by atoms with Crippen LogP contribution in [0.5, 0.6) is 23.0 Å². The summed E-state index contributed by atoms with van der Waals surface area (Å²) < 4.78 is 21.9. The van der Waals surface area contributed by atoms with Gasteiger partial charge in [-0.2, -0.15) is 0 Å². The van der Waals surface area contributed by atoms with Gasteiger partial charge in [0.05, 0.1) is 19.8 Å². The van der Waals surface area contributed by atoms with Crippen molar-refractivity contribution in [3.8, 4) is 34.1 Å². The molecule has 4 aromatic carbocycles. The van der Waals surface area contributed by atoms with Gasteiger partial charge in [-0.15, -0.1) is 0 Å². The number of ether oxygens (including phenoxy) is 4. The first-order valence-electron chi connectivity index (χ1n) is 11.2. The number of hydrogen-bond acceptors (Lipinski definition) is 6. The van der Waals surface area contributed by atoms with Gasteiger partial charge >= 0.3 is 5.97 Å². The summed E-state index contributed by atoms with van der Waals surface area (Å²) in [5.41, 5.74) is 3.60. The van der Waals surface area contributed by atoms with Crippen molar-refractivity contribution in [2.24, 2.45) is 0 Å². The normalized spacial score (nSPS) is 13.2. The summed E-state index contributed by atoms with van der Waals surface area (Å²) in [6.45, 7) is 0. The third-order valence-corrected chi connectivity index (χ3v) is 5.80. The molecule has 178 valence electrons. The predicted molar refractivity (Wildman–Crippen MR) is 136 cm³/mol. The molecule has 0 unspecified atom stereocenters. The molecule has 4 aromatic rings. The number of carbonyl (C=O) groups is 2. The molecule has 36 heavy (non-hydrogen) atoms. The highest BCUT2D eigenvalue weighted by atomic mass is 16.5. The van der Waals surface area contributed by atoms with Crippen molar-refractivity contribution < 1.29 is 28.5 Å². The Labute approximate surface area is 208 Å². The van der Waals surface area contributed by atoms with Gasteiger partial charge in [0.1, 0.15) is 28.6 Å². The minimum absolute atomic E-state index is 0.166. The second-order valence-electron chi connectivity index (χ2n) is 8.01. The van der Waals surface area contributed by atoms with E-state index in [2.05, 4.69) is 0 Å². The van der Waals surface area contributed by atoms with Crippen LogP contribution in [0.3, 0.4) is 0 Å². The average molecular weight is 479 g/mol. The van der Waals surface area contributed by atoms with E-state index in [1.807, 2.05) is 54.6 Å². The SMILES string of the molecule is COc1cccc(OC)c1C(=O)Oc1ccc2c(c1)OC(=Cc1ccc(-c3ccccc3)cc1)C2=O. The molecule has 0 fully saturated rings. The van der Waals surface area contributed by atoms with Gasteiger partial charge in [0.2, 0.25) is 5.78 Å². The van der Waals surface area contributed by atoms with E-state index in [0.29, 0.717) is 22.8 Å². The number of Topliss-reactive ketones (excluding diaryl/α,β-unsaturated/α-hetero) is 1. The lowest BCUT2D eigenvalue weighted by molar-refractivity contribution is 0.0727. The lowest BCUT2D eigenvalue weighted by atomic mass is 10.0. The van der Waals surface area contributed by atoms with Crippen molar-refractivity contribution in [3.63, 3.8) is 0 Å². The van der Waals surface area contributed by atoms with Gasteiger partial charge in [0.15, 0.2) is 5.76 Å². The molecule has 0 atom stereocenters. The number of ketones is 1. The number of hydrogen-bond donors (Lipinski definition) is 0. The standard InChI is InChI=1S/C30H22O6/c1-33-24-9-6-10-25(34-2)28(24)30(32)35-22-15-16-23-26(18-22)36-27(29(23)31)17-19-11-13-21(14-12-19)20-7-4-3-5-8-20/h3-18H,1-2H3. The first-order valence-corrected chi connectivity index (χ1v) is 11.2. The van der Waals surface area contributed by atoms with Gasteiger partial charge in [-0.25, -0.2) is 4.79 Å². The van der Waals surface area contributed by atoms with Crippen LogP contribution in [-0.2, 0) is 0 Å². The number of allylic oxidation sites excluding steroid dienone is 1. The number of methoxy groups -OCH3 is 2. The summed E-state index contributed by atoms with van der Waals surface area (Å²) in [6, 6.07) is 27.6. The van der Waals surface area contributed by atoms with E-state index in [1.165, 1.54) is 20.3 Å². The summed E-state index contributed by atoms with van der Waals surface area (Å²) in [4.78, 5) is 25.7. The van der Waals surface area contributed by atoms with E-state index in [-0.39, 0.29) is 22.9 Å². The van der Waals surface area contributed by atoms with E-state index < -0.39 is 5.97 Å². The van der Waals surface area contributed by atoms with Crippen LogP contribution in [0, 0.1) is 0 Å². The highest BCUT2D eigenvalue weighted by Gasteiger charge is 2.28. The van der Waals surface area contributed by atoms with Crippen LogP contribution < -0.4 is 18.9 Å². The lowest BCUT2D eigenvalue weighted by Gasteiger charge is -2.12. The van der Waals surface area contributed by atoms with Gasteiger partial charge in [0, 0.05) is 6.07 Å². The monoisotopic (exact) mass is 478 g/mol. The summed E-state index contributed by atoms with van der Waals surface area (Å²) in [6.07, 6.45) is 1.70. The van der Waals surface area contributed by atoms with Crippen molar-refractivity contribution in [1.82, 2.24) is 0 Å². The maximum Gasteiger partial charge on any atom is 0.351 e. The summed E-state index contributed by atoms with van der Waals surface area (Å²) in [5.74, 6) is 0.528. The van der Waals surface area contributed by atoms with Crippen molar-refractivity contribution in [2.75, 3.05) is 14.2 Å². The van der Waals surface area contributed by atoms with Crippen LogP contribution >= 0.6 is 0 Å². The number of carbonyl (C=O) groups excluding carboxylic acids is 2. The molecule has 5 rings (SSSR count). The molecule has 0 saturated carbocycles. The molecule has 0 aromatic heterocycles. The fourth-order valence-corrected chi connectivity index (χ4v) is 3.99. The van der Waals surface area contributed by atoms with Crippen molar-refractivity contribution in [2.45, 2.75) is 0 Å². The summed E-state index contributed by atoms with van der Waals surface area (Å²) in [7, 11) is 2.92. The van der Waals surface area contributed by atoms with Crippen LogP contribution in [0.4, 0.5) is 0 Å². The zero-order valence-electron chi connectivity index (χ0n) is 19.7. The summed E-state index contributed by atoms with van der Waals surface area (Å²) >= 11 is 0. The zero-order valence-corrected chi connectivity index (χ0v) is 19.7. The predicted octanol–water partition coefficient (Wildman–Crippen LogP) is 6.21. The molecule has 1 aliphatic heterocycles. The zero-order chi connectivity index (χ0) is 25.1. The first-order chi connectivity index (χ1) is 17.6. The third kappa shape index (κ3) is 4.44. The highest BCUT2D eigenvalue weighted by molar-refractivity contribution is 6.14. The molecule has 0 N–H and O–H groups in total. The second-order valence-corrected chi connectivity index (χ2v) is 8.01. The van der Waals surface area contributed by atoms with Crippen LogP contribution in [-0.4, -0.2) is 26.0 Å².